The summed E-state index contributed by atoms with van der Waals surface area (Å²) in [6.07, 6.45) is 0. The molecule has 0 spiro atoms. The number of amides is 1. The van der Waals surface area contributed by atoms with Crippen LogP contribution in [0, 0.1) is 17.6 Å². The van der Waals surface area contributed by atoms with Crippen molar-refractivity contribution in [2.75, 3.05) is 6.54 Å². The van der Waals surface area contributed by atoms with Crippen LogP contribution < -0.4 is 5.32 Å². The molecule has 2 nitrogen and oxygen atoms in total. The largest absolute Gasteiger partial charge is 0.351 e. The molecule has 0 aliphatic heterocycles. The van der Waals surface area contributed by atoms with Crippen LogP contribution in [0.25, 0.3) is 0 Å². The predicted octanol–water partition coefficient (Wildman–Crippen LogP) is 2.96. The number of halogens is 3. The topological polar surface area (TPSA) is 29.1 Å². The van der Waals surface area contributed by atoms with Gasteiger partial charge in [0, 0.05) is 12.1 Å². The van der Waals surface area contributed by atoms with E-state index in [4.69, 9.17) is 11.6 Å². The molecule has 17 heavy (non-hydrogen) atoms. The Hall–Kier alpha value is -1.16. The molecule has 94 valence electrons. The predicted molar refractivity (Wildman–Crippen MR) is 63.2 cm³/mol. The maximum absolute atomic E-state index is 12.9. The summed E-state index contributed by atoms with van der Waals surface area (Å²) in [6.45, 7) is 4.15. The first kappa shape index (κ1) is 13.9. The smallest absolute Gasteiger partial charge is 0.251 e. The third-order valence-corrected chi connectivity index (χ3v) is 3.02. The Bertz CT molecular complexity index is 409. The van der Waals surface area contributed by atoms with Crippen LogP contribution in [0.1, 0.15) is 24.2 Å². The molecular formula is C12H14ClF2NO. The molecule has 0 aromatic heterocycles. The van der Waals surface area contributed by atoms with E-state index in [0.717, 1.165) is 12.1 Å². The van der Waals surface area contributed by atoms with Crippen molar-refractivity contribution < 1.29 is 13.6 Å². The van der Waals surface area contributed by atoms with Gasteiger partial charge in [0.15, 0.2) is 11.6 Å². The summed E-state index contributed by atoms with van der Waals surface area (Å²) in [5.74, 6) is -2.25. The lowest BCUT2D eigenvalue weighted by molar-refractivity contribution is 0.0952. The number of carbonyl (C=O) groups excluding carboxylic acids is 1. The number of nitrogens with one attached hydrogen (secondary N) is 1. The highest BCUT2D eigenvalue weighted by Gasteiger charge is 2.13. The van der Waals surface area contributed by atoms with E-state index in [1.807, 2.05) is 13.8 Å². The van der Waals surface area contributed by atoms with Crippen molar-refractivity contribution >= 4 is 17.5 Å². The first-order valence-corrected chi connectivity index (χ1v) is 5.72. The van der Waals surface area contributed by atoms with E-state index in [9.17, 15) is 13.6 Å². The molecule has 1 aromatic rings. The normalized spacial score (nSPS) is 12.6. The van der Waals surface area contributed by atoms with Crippen molar-refractivity contribution in [3.8, 4) is 0 Å². The van der Waals surface area contributed by atoms with Crippen LogP contribution in [0.2, 0.25) is 0 Å². The molecule has 1 aromatic carbocycles. The zero-order valence-electron chi connectivity index (χ0n) is 9.64. The van der Waals surface area contributed by atoms with Gasteiger partial charge >= 0.3 is 0 Å². The van der Waals surface area contributed by atoms with Crippen molar-refractivity contribution in [2.45, 2.75) is 19.2 Å². The Kier molecular flexibility index (Phi) is 4.87. The van der Waals surface area contributed by atoms with Crippen molar-refractivity contribution in [3.05, 3.63) is 35.4 Å². The summed E-state index contributed by atoms with van der Waals surface area (Å²) >= 11 is 5.95. The number of hydrogen-bond acceptors (Lipinski definition) is 1. The third kappa shape index (κ3) is 3.97. The molecule has 1 atom stereocenters. The van der Waals surface area contributed by atoms with Gasteiger partial charge in [-0.3, -0.25) is 4.79 Å². The zero-order chi connectivity index (χ0) is 13.0. The van der Waals surface area contributed by atoms with Crippen molar-refractivity contribution in [1.29, 1.82) is 0 Å². The Labute approximate surface area is 104 Å². The molecule has 1 amide bonds. The van der Waals surface area contributed by atoms with E-state index in [-0.39, 0.29) is 23.4 Å². The molecule has 0 saturated heterocycles. The van der Waals surface area contributed by atoms with E-state index in [1.165, 1.54) is 6.07 Å². The molecule has 1 rings (SSSR count). The summed E-state index contributed by atoms with van der Waals surface area (Å²) in [7, 11) is 0. The molecule has 0 bridgehead atoms. The Morgan fingerprint density at radius 2 is 2.00 bits per heavy atom. The standard InChI is InChI=1S/C12H14ClF2NO/c1-7(2)9(13)6-16-12(17)8-3-4-10(14)11(15)5-8/h3-5,7,9H,6H2,1-2H3,(H,16,17). The van der Waals surface area contributed by atoms with Gasteiger partial charge in [0.2, 0.25) is 0 Å². The molecule has 1 unspecified atom stereocenters. The molecule has 0 saturated carbocycles. The van der Waals surface area contributed by atoms with Gasteiger partial charge in [0.05, 0.1) is 5.38 Å². The second-order valence-electron chi connectivity index (χ2n) is 4.10. The van der Waals surface area contributed by atoms with Gasteiger partial charge < -0.3 is 5.32 Å². The first-order chi connectivity index (χ1) is 7.91. The van der Waals surface area contributed by atoms with Gasteiger partial charge in [-0.25, -0.2) is 8.78 Å². The van der Waals surface area contributed by atoms with Gasteiger partial charge in [0.1, 0.15) is 0 Å². The lowest BCUT2D eigenvalue weighted by atomic mass is 10.1. The van der Waals surface area contributed by atoms with Gasteiger partial charge in [-0.05, 0) is 24.1 Å². The number of alkyl halides is 1. The SMILES string of the molecule is CC(C)C(Cl)CNC(=O)c1ccc(F)c(F)c1. The fraction of sp³-hybridized carbons (Fsp3) is 0.417. The van der Waals surface area contributed by atoms with E-state index >= 15 is 0 Å². The summed E-state index contributed by atoms with van der Waals surface area (Å²) in [6, 6.07) is 3.01. The quantitative estimate of drug-likeness (QED) is 0.830. The second kappa shape index (κ2) is 5.96. The van der Waals surface area contributed by atoms with Crippen LogP contribution in [0.5, 0.6) is 0 Å². The Balaban J connectivity index is 2.61. The maximum atomic E-state index is 12.9. The second-order valence-corrected chi connectivity index (χ2v) is 4.66. The molecule has 0 heterocycles. The molecule has 0 fully saturated rings. The number of benzene rings is 1. The number of rotatable bonds is 4. The molecule has 1 N–H and O–H groups in total. The highest BCUT2D eigenvalue weighted by atomic mass is 35.5. The molecule has 0 aliphatic rings. The van der Waals surface area contributed by atoms with Gasteiger partial charge in [-0.2, -0.15) is 0 Å². The first-order valence-electron chi connectivity index (χ1n) is 5.29. The van der Waals surface area contributed by atoms with Crippen molar-refractivity contribution in [1.82, 2.24) is 5.32 Å². The molecular weight excluding hydrogens is 248 g/mol. The van der Waals surface area contributed by atoms with E-state index < -0.39 is 17.5 Å². The average molecular weight is 262 g/mol. The van der Waals surface area contributed by atoms with Crippen molar-refractivity contribution in [2.24, 2.45) is 5.92 Å². The maximum Gasteiger partial charge on any atom is 0.251 e. The molecule has 5 heteroatoms. The van der Waals surface area contributed by atoms with Crippen LogP contribution in [-0.2, 0) is 0 Å². The fourth-order valence-corrected chi connectivity index (χ4v) is 1.24. The lowest BCUT2D eigenvalue weighted by Gasteiger charge is -2.14. The van der Waals surface area contributed by atoms with E-state index in [2.05, 4.69) is 5.32 Å². The third-order valence-electron chi connectivity index (χ3n) is 2.36. The summed E-state index contributed by atoms with van der Waals surface area (Å²) in [4.78, 5) is 11.6. The van der Waals surface area contributed by atoms with Gasteiger partial charge in [-0.1, -0.05) is 13.8 Å². The van der Waals surface area contributed by atoms with Crippen molar-refractivity contribution in [3.63, 3.8) is 0 Å². The van der Waals surface area contributed by atoms with E-state index in [0.29, 0.717) is 0 Å². The molecule has 0 aliphatic carbocycles. The summed E-state index contributed by atoms with van der Waals surface area (Å²) in [5, 5.41) is 2.38. The minimum Gasteiger partial charge on any atom is -0.351 e. The Morgan fingerprint density at radius 1 is 1.35 bits per heavy atom. The van der Waals surface area contributed by atoms with Crippen LogP contribution in [0.4, 0.5) is 8.78 Å². The van der Waals surface area contributed by atoms with Gasteiger partial charge in [0.25, 0.3) is 5.91 Å². The highest BCUT2D eigenvalue weighted by Crippen LogP contribution is 2.10. The van der Waals surface area contributed by atoms with Crippen LogP contribution in [0.15, 0.2) is 18.2 Å². The van der Waals surface area contributed by atoms with Crippen LogP contribution >= 0.6 is 11.6 Å². The fourth-order valence-electron chi connectivity index (χ4n) is 1.17. The highest BCUT2D eigenvalue weighted by molar-refractivity contribution is 6.21. The number of hydrogen-bond donors (Lipinski definition) is 1. The lowest BCUT2D eigenvalue weighted by Crippen LogP contribution is -2.32. The zero-order valence-corrected chi connectivity index (χ0v) is 10.4. The van der Waals surface area contributed by atoms with Crippen LogP contribution in [-0.4, -0.2) is 17.8 Å². The minimum atomic E-state index is -1.04. The monoisotopic (exact) mass is 261 g/mol. The Morgan fingerprint density at radius 3 is 2.53 bits per heavy atom. The number of carbonyl (C=O) groups is 1. The van der Waals surface area contributed by atoms with Crippen LogP contribution in [0.3, 0.4) is 0 Å². The van der Waals surface area contributed by atoms with E-state index in [1.54, 1.807) is 0 Å². The molecule has 0 radical (unpaired) electrons. The van der Waals surface area contributed by atoms with Gasteiger partial charge in [-0.15, -0.1) is 11.6 Å². The minimum absolute atomic E-state index is 0.0801. The summed E-state index contributed by atoms with van der Waals surface area (Å²) in [5.41, 5.74) is 0.0801. The summed E-state index contributed by atoms with van der Waals surface area (Å²) < 4.78 is 25.5. The average Bonchev–Trinajstić information content (AvgIpc) is 2.28.